The van der Waals surface area contributed by atoms with Crippen molar-refractivity contribution in [2.45, 2.75) is 45.3 Å². The summed E-state index contributed by atoms with van der Waals surface area (Å²) in [6.45, 7) is 7.00. The molecule has 1 heterocycles. The maximum absolute atomic E-state index is 12.0. The summed E-state index contributed by atoms with van der Waals surface area (Å²) in [6.07, 6.45) is 0.361. The van der Waals surface area contributed by atoms with Crippen molar-refractivity contribution in [1.29, 1.82) is 0 Å². The fourth-order valence-corrected chi connectivity index (χ4v) is 2.93. The minimum Gasteiger partial charge on any atom is -0.336 e. The number of halogens is 1. The van der Waals surface area contributed by atoms with Gasteiger partial charge in [-0.3, -0.25) is 4.79 Å². The van der Waals surface area contributed by atoms with E-state index in [0.29, 0.717) is 19.5 Å². The molecule has 1 aliphatic heterocycles. The smallest absolute Gasteiger partial charge is 0.315 e. The number of carbonyl (C=O) groups is 2. The lowest BCUT2D eigenvalue weighted by Gasteiger charge is -2.32. The van der Waals surface area contributed by atoms with Crippen molar-refractivity contribution in [1.82, 2.24) is 15.5 Å². The summed E-state index contributed by atoms with van der Waals surface area (Å²) in [5.74, 6) is 0.0867. The van der Waals surface area contributed by atoms with E-state index in [9.17, 15) is 9.59 Å². The van der Waals surface area contributed by atoms with Gasteiger partial charge < -0.3 is 15.5 Å². The van der Waals surface area contributed by atoms with Gasteiger partial charge in [0.05, 0.1) is 6.04 Å². The molecule has 0 aromatic heterocycles. The normalized spacial score (nSPS) is 18.5. The van der Waals surface area contributed by atoms with Crippen molar-refractivity contribution in [3.05, 3.63) is 34.3 Å². The number of nitrogens with one attached hydrogen (secondary N) is 2. The number of likely N-dealkylation sites (tertiary alicyclic amines) is 1. The minimum atomic E-state index is -0.246. The lowest BCUT2D eigenvalue weighted by Crippen LogP contribution is -2.46. The molecule has 1 aromatic rings. The Morgan fingerprint density at radius 3 is 2.64 bits per heavy atom. The Hall–Kier alpha value is -1.56. The molecule has 2 rings (SSSR count). The summed E-state index contributed by atoms with van der Waals surface area (Å²) in [5.41, 5.74) is 0.801. The zero-order valence-corrected chi connectivity index (χ0v) is 14.7. The number of rotatable bonds is 3. The number of carbonyl (C=O) groups excluding carboxylic acids is 2. The molecule has 0 radical (unpaired) electrons. The molecular formula is C16H22BrN3O2. The van der Waals surface area contributed by atoms with Crippen molar-refractivity contribution in [3.8, 4) is 0 Å². The summed E-state index contributed by atoms with van der Waals surface area (Å²) in [4.78, 5) is 25.8. The number of nitrogens with zero attached hydrogens (tertiary/aromatic N) is 1. The zero-order valence-electron chi connectivity index (χ0n) is 13.1. The van der Waals surface area contributed by atoms with E-state index in [-0.39, 0.29) is 23.5 Å². The van der Waals surface area contributed by atoms with Gasteiger partial charge in [-0.15, -0.1) is 0 Å². The highest BCUT2D eigenvalue weighted by molar-refractivity contribution is 9.10. The molecule has 22 heavy (non-hydrogen) atoms. The lowest BCUT2D eigenvalue weighted by molar-refractivity contribution is -0.131. The highest BCUT2D eigenvalue weighted by atomic mass is 79.9. The van der Waals surface area contributed by atoms with Gasteiger partial charge in [0, 0.05) is 29.5 Å². The van der Waals surface area contributed by atoms with Crippen LogP contribution in [0.5, 0.6) is 0 Å². The number of urea groups is 1. The number of hydrogen-bond donors (Lipinski definition) is 2. The number of benzene rings is 1. The standard InChI is InChI=1S/C16H22BrN3O2/c1-16(2,3)20-10-12(8-14(20)21)19-15(22)18-9-11-6-4-5-7-13(11)17/h4-7,12H,8-10H2,1-3H3,(H2,18,19,22). The highest BCUT2D eigenvalue weighted by Gasteiger charge is 2.36. The van der Waals surface area contributed by atoms with Gasteiger partial charge in [0.1, 0.15) is 0 Å². The van der Waals surface area contributed by atoms with Crippen molar-refractivity contribution in [2.75, 3.05) is 6.54 Å². The third-order valence-electron chi connectivity index (χ3n) is 3.67. The molecule has 3 amide bonds. The summed E-state index contributed by atoms with van der Waals surface area (Å²) in [7, 11) is 0. The van der Waals surface area contributed by atoms with Gasteiger partial charge in [-0.05, 0) is 32.4 Å². The van der Waals surface area contributed by atoms with Crippen LogP contribution in [0.1, 0.15) is 32.8 Å². The molecule has 1 fully saturated rings. The second-order valence-corrected chi connectivity index (χ2v) is 7.35. The second-order valence-electron chi connectivity index (χ2n) is 6.49. The monoisotopic (exact) mass is 367 g/mol. The first-order valence-electron chi connectivity index (χ1n) is 7.35. The second kappa shape index (κ2) is 6.69. The molecule has 0 bridgehead atoms. The Morgan fingerprint density at radius 2 is 2.05 bits per heavy atom. The van der Waals surface area contributed by atoms with Crippen LogP contribution in [0, 0.1) is 0 Å². The van der Waals surface area contributed by atoms with E-state index in [1.54, 1.807) is 0 Å². The lowest BCUT2D eigenvalue weighted by atomic mass is 10.1. The van der Waals surface area contributed by atoms with Crippen LogP contribution in [0.15, 0.2) is 28.7 Å². The summed E-state index contributed by atoms with van der Waals surface area (Å²) >= 11 is 3.45. The topological polar surface area (TPSA) is 61.4 Å². The van der Waals surface area contributed by atoms with Crippen LogP contribution in [0.25, 0.3) is 0 Å². The Labute approximate surface area is 139 Å². The first-order chi connectivity index (χ1) is 10.3. The number of amides is 3. The molecule has 6 heteroatoms. The van der Waals surface area contributed by atoms with Crippen LogP contribution in [0.3, 0.4) is 0 Å². The zero-order chi connectivity index (χ0) is 16.3. The number of hydrogen-bond acceptors (Lipinski definition) is 2. The predicted octanol–water partition coefficient (Wildman–Crippen LogP) is 2.65. The van der Waals surface area contributed by atoms with Crippen LogP contribution in [-0.4, -0.2) is 35.0 Å². The van der Waals surface area contributed by atoms with Crippen molar-refractivity contribution in [3.63, 3.8) is 0 Å². The Balaban J connectivity index is 1.84. The first-order valence-corrected chi connectivity index (χ1v) is 8.15. The van der Waals surface area contributed by atoms with E-state index in [2.05, 4.69) is 26.6 Å². The third-order valence-corrected chi connectivity index (χ3v) is 4.44. The molecule has 0 saturated carbocycles. The molecule has 120 valence electrons. The first kappa shape index (κ1) is 16.8. The molecule has 2 N–H and O–H groups in total. The van der Waals surface area contributed by atoms with Gasteiger partial charge in [0.15, 0.2) is 0 Å². The Kier molecular flexibility index (Phi) is 5.11. The maximum atomic E-state index is 12.0. The van der Waals surface area contributed by atoms with Gasteiger partial charge >= 0.3 is 6.03 Å². The van der Waals surface area contributed by atoms with Crippen LogP contribution >= 0.6 is 15.9 Å². The molecule has 1 saturated heterocycles. The highest BCUT2D eigenvalue weighted by Crippen LogP contribution is 2.21. The molecule has 5 nitrogen and oxygen atoms in total. The van der Waals surface area contributed by atoms with Gasteiger partial charge in [0.25, 0.3) is 0 Å². The molecule has 1 atom stereocenters. The van der Waals surface area contributed by atoms with Crippen LogP contribution in [0.2, 0.25) is 0 Å². The van der Waals surface area contributed by atoms with E-state index in [0.717, 1.165) is 10.0 Å². The quantitative estimate of drug-likeness (QED) is 0.862. The summed E-state index contributed by atoms with van der Waals surface area (Å²) in [6, 6.07) is 7.36. The molecule has 1 aliphatic rings. The largest absolute Gasteiger partial charge is 0.336 e. The molecule has 1 unspecified atom stereocenters. The molecular weight excluding hydrogens is 346 g/mol. The fourth-order valence-electron chi connectivity index (χ4n) is 2.51. The average Bonchev–Trinajstić information content (AvgIpc) is 2.78. The van der Waals surface area contributed by atoms with Crippen LogP contribution in [0.4, 0.5) is 4.79 Å². The van der Waals surface area contributed by atoms with E-state index >= 15 is 0 Å². The van der Waals surface area contributed by atoms with Crippen molar-refractivity contribution in [2.24, 2.45) is 0 Å². The van der Waals surface area contributed by atoms with E-state index in [1.807, 2.05) is 49.9 Å². The van der Waals surface area contributed by atoms with Gasteiger partial charge in [-0.25, -0.2) is 4.79 Å². The fraction of sp³-hybridized carbons (Fsp3) is 0.500. The molecule has 0 aliphatic carbocycles. The predicted molar refractivity (Wildman–Crippen MR) is 89.4 cm³/mol. The maximum Gasteiger partial charge on any atom is 0.315 e. The third kappa shape index (κ3) is 4.22. The Bertz CT molecular complexity index is 569. The minimum absolute atomic E-state index is 0.0867. The summed E-state index contributed by atoms with van der Waals surface area (Å²) < 4.78 is 0.963. The summed E-state index contributed by atoms with van der Waals surface area (Å²) in [5, 5.41) is 5.70. The van der Waals surface area contributed by atoms with Crippen molar-refractivity contribution >= 4 is 27.9 Å². The molecule has 1 aromatic carbocycles. The van der Waals surface area contributed by atoms with E-state index in [1.165, 1.54) is 0 Å². The van der Waals surface area contributed by atoms with Crippen molar-refractivity contribution < 1.29 is 9.59 Å². The van der Waals surface area contributed by atoms with Crippen LogP contribution in [-0.2, 0) is 11.3 Å². The Morgan fingerprint density at radius 1 is 1.36 bits per heavy atom. The van der Waals surface area contributed by atoms with Gasteiger partial charge in [-0.1, -0.05) is 34.1 Å². The van der Waals surface area contributed by atoms with Crippen LogP contribution < -0.4 is 10.6 Å². The average molecular weight is 368 g/mol. The van der Waals surface area contributed by atoms with E-state index in [4.69, 9.17) is 0 Å². The van der Waals surface area contributed by atoms with E-state index < -0.39 is 0 Å². The van der Waals surface area contributed by atoms with Gasteiger partial charge in [0.2, 0.25) is 5.91 Å². The molecule has 0 spiro atoms. The van der Waals surface area contributed by atoms with Gasteiger partial charge in [-0.2, -0.15) is 0 Å². The SMILES string of the molecule is CC(C)(C)N1CC(NC(=O)NCc2ccccc2Br)CC1=O.